The largest absolute Gasteiger partial charge is 0.508 e. The summed E-state index contributed by atoms with van der Waals surface area (Å²) in [6.45, 7) is 3.93. The molecule has 0 fully saturated rings. The number of phenols is 2. The van der Waals surface area contributed by atoms with Crippen LogP contribution < -0.4 is 0 Å². The summed E-state index contributed by atoms with van der Waals surface area (Å²) in [5, 5.41) is 31.7. The number of phenolic OH excluding ortho intramolecular Hbond substituents is 2. The van der Waals surface area contributed by atoms with Crippen molar-refractivity contribution in [1.29, 1.82) is 0 Å². The molecule has 2 aromatic carbocycles. The first-order chi connectivity index (χ1) is 13.3. The van der Waals surface area contributed by atoms with Gasteiger partial charge in [0.1, 0.15) is 11.5 Å². The summed E-state index contributed by atoms with van der Waals surface area (Å²) in [5.74, 6) is -0.801. The number of esters is 1. The quantitative estimate of drug-likeness (QED) is 0.557. The predicted molar refractivity (Wildman–Crippen MR) is 107 cm³/mol. The van der Waals surface area contributed by atoms with Crippen LogP contribution in [0.1, 0.15) is 36.1 Å². The van der Waals surface area contributed by atoms with Crippen molar-refractivity contribution in [2.75, 3.05) is 7.11 Å². The zero-order valence-corrected chi connectivity index (χ0v) is 16.2. The fourth-order valence-electron chi connectivity index (χ4n) is 3.51. The molecule has 0 saturated heterocycles. The average molecular weight is 380 g/mol. The van der Waals surface area contributed by atoms with E-state index in [2.05, 4.69) is 0 Å². The molecule has 146 valence electrons. The Kier molecular flexibility index (Phi) is 5.29. The fraction of sp³-hybridized carbons (Fsp3) is 0.261. The van der Waals surface area contributed by atoms with Crippen LogP contribution in [0.4, 0.5) is 0 Å². The zero-order chi connectivity index (χ0) is 20.5. The van der Waals surface area contributed by atoms with Crippen molar-refractivity contribution in [2.45, 2.75) is 32.3 Å². The van der Waals surface area contributed by atoms with Crippen LogP contribution in [0.25, 0.3) is 6.08 Å². The highest BCUT2D eigenvalue weighted by Gasteiger charge is 2.51. The van der Waals surface area contributed by atoms with E-state index in [1.54, 1.807) is 18.2 Å². The van der Waals surface area contributed by atoms with Crippen LogP contribution in [0, 0.1) is 0 Å². The molecular formula is C23H24O5. The van der Waals surface area contributed by atoms with Crippen molar-refractivity contribution in [1.82, 2.24) is 0 Å². The maximum Gasteiger partial charge on any atom is 0.347 e. The zero-order valence-electron chi connectivity index (χ0n) is 16.2. The molecule has 1 unspecified atom stereocenters. The maximum absolute atomic E-state index is 12.6. The monoisotopic (exact) mass is 380 g/mol. The van der Waals surface area contributed by atoms with Crippen LogP contribution in [-0.2, 0) is 28.0 Å². The van der Waals surface area contributed by atoms with Crippen LogP contribution in [-0.4, -0.2) is 28.4 Å². The molecule has 1 atom stereocenters. The van der Waals surface area contributed by atoms with Gasteiger partial charge in [0.25, 0.3) is 0 Å². The van der Waals surface area contributed by atoms with Crippen LogP contribution in [0.15, 0.2) is 53.6 Å². The molecule has 0 saturated carbocycles. The standard InChI is InChI=1S/C23H24O5/c1-14(2)4-7-16-8-9-17-13-18(12-15-5-10-19(24)11-6-15)23(27,22(26)28-3)20(17)21(16)25/h4-6,8-12,24-25,27H,7,13H2,1-3H3. The van der Waals surface area contributed by atoms with Crippen molar-refractivity contribution < 1.29 is 24.9 Å². The maximum atomic E-state index is 12.6. The number of aromatic hydroxyl groups is 2. The van der Waals surface area contributed by atoms with Gasteiger partial charge in [-0.2, -0.15) is 0 Å². The third kappa shape index (κ3) is 3.41. The molecule has 0 aromatic heterocycles. The van der Waals surface area contributed by atoms with Crippen LogP contribution in [0.2, 0.25) is 0 Å². The number of hydrogen-bond acceptors (Lipinski definition) is 5. The van der Waals surface area contributed by atoms with E-state index in [0.29, 0.717) is 35.1 Å². The third-order valence-corrected chi connectivity index (χ3v) is 5.00. The topological polar surface area (TPSA) is 87.0 Å². The second-order valence-corrected chi connectivity index (χ2v) is 7.23. The van der Waals surface area contributed by atoms with Crippen LogP contribution in [0.3, 0.4) is 0 Å². The van der Waals surface area contributed by atoms with E-state index < -0.39 is 11.6 Å². The highest BCUT2D eigenvalue weighted by Crippen LogP contribution is 2.48. The van der Waals surface area contributed by atoms with E-state index in [4.69, 9.17) is 4.74 Å². The lowest BCUT2D eigenvalue weighted by atomic mass is 9.88. The average Bonchev–Trinajstić information content (AvgIpc) is 2.95. The van der Waals surface area contributed by atoms with E-state index in [9.17, 15) is 20.1 Å². The molecule has 1 aliphatic carbocycles. The summed E-state index contributed by atoms with van der Waals surface area (Å²) in [4.78, 5) is 12.6. The van der Waals surface area contributed by atoms with Gasteiger partial charge in [0, 0.05) is 5.56 Å². The number of allylic oxidation sites excluding steroid dienone is 2. The number of fused-ring (bicyclic) bond motifs is 1. The Morgan fingerprint density at radius 2 is 1.82 bits per heavy atom. The number of methoxy groups -OCH3 is 1. The number of aliphatic hydroxyl groups is 1. The van der Waals surface area contributed by atoms with Gasteiger partial charge in [-0.05, 0) is 61.1 Å². The molecule has 2 aromatic rings. The van der Waals surface area contributed by atoms with Crippen molar-refractivity contribution in [3.63, 3.8) is 0 Å². The fourth-order valence-corrected chi connectivity index (χ4v) is 3.51. The summed E-state index contributed by atoms with van der Waals surface area (Å²) in [6, 6.07) is 10.1. The summed E-state index contributed by atoms with van der Waals surface area (Å²) in [6.07, 6.45) is 4.46. The van der Waals surface area contributed by atoms with Gasteiger partial charge in [-0.15, -0.1) is 0 Å². The van der Waals surface area contributed by atoms with Gasteiger partial charge in [-0.1, -0.05) is 42.0 Å². The number of rotatable bonds is 4. The van der Waals surface area contributed by atoms with Gasteiger partial charge >= 0.3 is 5.97 Å². The van der Waals surface area contributed by atoms with Crippen LogP contribution >= 0.6 is 0 Å². The first-order valence-electron chi connectivity index (χ1n) is 9.05. The summed E-state index contributed by atoms with van der Waals surface area (Å²) < 4.78 is 4.88. The second kappa shape index (κ2) is 7.52. The molecule has 0 aliphatic heterocycles. The predicted octanol–water partition coefficient (Wildman–Crippen LogP) is 3.61. The molecule has 0 spiro atoms. The van der Waals surface area contributed by atoms with Crippen molar-refractivity contribution in [3.8, 4) is 11.5 Å². The minimum absolute atomic E-state index is 0.0861. The minimum atomic E-state index is -2.06. The lowest BCUT2D eigenvalue weighted by molar-refractivity contribution is -0.158. The number of carbonyl (C=O) groups is 1. The summed E-state index contributed by atoms with van der Waals surface area (Å²) >= 11 is 0. The van der Waals surface area contributed by atoms with E-state index in [1.165, 1.54) is 19.2 Å². The molecule has 5 nitrogen and oxygen atoms in total. The molecule has 0 heterocycles. The molecule has 0 radical (unpaired) electrons. The Morgan fingerprint density at radius 3 is 2.43 bits per heavy atom. The summed E-state index contributed by atoms with van der Waals surface area (Å²) in [7, 11) is 1.21. The SMILES string of the molecule is COC(=O)C1(O)C(=Cc2ccc(O)cc2)Cc2ccc(CC=C(C)C)c(O)c21. The van der Waals surface area contributed by atoms with Gasteiger partial charge in [0.15, 0.2) is 0 Å². The Balaban J connectivity index is 2.14. The molecule has 5 heteroatoms. The van der Waals surface area contributed by atoms with E-state index in [1.807, 2.05) is 32.1 Å². The van der Waals surface area contributed by atoms with Gasteiger partial charge < -0.3 is 20.1 Å². The molecule has 1 aliphatic rings. The number of ether oxygens (including phenoxy) is 1. The molecule has 28 heavy (non-hydrogen) atoms. The van der Waals surface area contributed by atoms with Crippen molar-refractivity contribution in [2.24, 2.45) is 0 Å². The normalized spacial score (nSPS) is 19.4. The smallest absolute Gasteiger partial charge is 0.347 e. The highest BCUT2D eigenvalue weighted by atomic mass is 16.5. The van der Waals surface area contributed by atoms with Gasteiger partial charge in [-0.25, -0.2) is 4.79 Å². The minimum Gasteiger partial charge on any atom is -0.508 e. The van der Waals surface area contributed by atoms with Gasteiger partial charge in [0.05, 0.1) is 7.11 Å². The Hall–Kier alpha value is -3.05. The van der Waals surface area contributed by atoms with E-state index >= 15 is 0 Å². The van der Waals surface area contributed by atoms with Gasteiger partial charge in [-0.3, -0.25) is 0 Å². The molecule has 3 rings (SSSR count). The number of carbonyl (C=O) groups excluding carboxylic acids is 1. The van der Waals surface area contributed by atoms with Crippen molar-refractivity contribution >= 4 is 12.0 Å². The lowest BCUT2D eigenvalue weighted by Gasteiger charge is -2.24. The molecular weight excluding hydrogens is 356 g/mol. The van der Waals surface area contributed by atoms with Crippen molar-refractivity contribution in [3.05, 3.63) is 75.9 Å². The molecule has 0 bridgehead atoms. The Morgan fingerprint density at radius 1 is 1.14 bits per heavy atom. The first-order valence-corrected chi connectivity index (χ1v) is 9.05. The van der Waals surface area contributed by atoms with Gasteiger partial charge in [0.2, 0.25) is 5.60 Å². The summed E-state index contributed by atoms with van der Waals surface area (Å²) in [5.41, 5.74) is 1.67. The number of hydrogen-bond donors (Lipinski definition) is 3. The second-order valence-electron chi connectivity index (χ2n) is 7.23. The van der Waals surface area contributed by atoms with Crippen LogP contribution in [0.5, 0.6) is 11.5 Å². The van der Waals surface area contributed by atoms with E-state index in [0.717, 1.165) is 5.57 Å². The Labute approximate surface area is 164 Å². The van der Waals surface area contributed by atoms with E-state index in [-0.39, 0.29) is 17.1 Å². The number of benzene rings is 2. The molecule has 3 N–H and O–H groups in total. The first kappa shape index (κ1) is 19.7. The lowest BCUT2D eigenvalue weighted by Crippen LogP contribution is -2.36. The third-order valence-electron chi connectivity index (χ3n) is 5.00. The molecule has 0 amide bonds. The Bertz CT molecular complexity index is 965. The highest BCUT2D eigenvalue weighted by molar-refractivity contribution is 5.91.